The van der Waals surface area contributed by atoms with Gasteiger partial charge in [-0.2, -0.15) is 5.26 Å². The normalized spacial score (nSPS) is 12.8. The van der Waals surface area contributed by atoms with Crippen LogP contribution in [-0.4, -0.2) is 15.9 Å². The summed E-state index contributed by atoms with van der Waals surface area (Å²) in [5.41, 5.74) is 2.71. The number of carbonyl (C=O) groups excluding carboxylic acids is 1. The van der Waals surface area contributed by atoms with E-state index in [1.54, 1.807) is 18.3 Å². The predicted octanol–water partition coefficient (Wildman–Crippen LogP) is 5.75. The predicted molar refractivity (Wildman–Crippen MR) is 114 cm³/mol. The molecule has 5 heteroatoms. The van der Waals surface area contributed by atoms with E-state index in [4.69, 9.17) is 4.74 Å². The largest absolute Gasteiger partial charge is 0.426 e. The minimum absolute atomic E-state index is 0.0350. The van der Waals surface area contributed by atoms with E-state index in [1.807, 2.05) is 38.2 Å². The van der Waals surface area contributed by atoms with Gasteiger partial charge in [0.2, 0.25) is 0 Å². The Morgan fingerprint density at radius 1 is 1.07 bits per heavy atom. The van der Waals surface area contributed by atoms with Crippen LogP contribution in [0.3, 0.4) is 0 Å². The van der Waals surface area contributed by atoms with E-state index in [-0.39, 0.29) is 5.92 Å². The Hall–Kier alpha value is -2.74. The number of unbranched alkanes of at least 4 members (excludes halogenated alkanes) is 4. The van der Waals surface area contributed by atoms with Crippen molar-refractivity contribution < 1.29 is 9.53 Å². The third-order valence-corrected chi connectivity index (χ3v) is 5.22. The van der Waals surface area contributed by atoms with Crippen LogP contribution in [0.15, 0.2) is 36.7 Å². The highest BCUT2D eigenvalue weighted by Crippen LogP contribution is 2.23. The van der Waals surface area contributed by atoms with Crippen LogP contribution in [0.1, 0.15) is 65.0 Å². The van der Waals surface area contributed by atoms with Crippen molar-refractivity contribution in [2.24, 2.45) is 11.8 Å². The zero-order valence-corrected chi connectivity index (χ0v) is 17.7. The highest BCUT2D eigenvalue weighted by molar-refractivity contribution is 5.78. The van der Waals surface area contributed by atoms with Crippen molar-refractivity contribution in [3.05, 3.63) is 42.4 Å². The number of nitriles is 1. The first-order chi connectivity index (χ1) is 14.1. The minimum atomic E-state index is -0.750. The number of carbonyl (C=O) groups is 1. The molecule has 5 nitrogen and oxygen atoms in total. The van der Waals surface area contributed by atoms with Crippen LogP contribution in [0.4, 0.5) is 0 Å². The standard InChI is InChI=1S/C24H31N3O2/c1-4-6-7-8-9-10-20-16-27-23(17-26-20)19-11-13-21(14-12-19)29-24(28)22(15-25)18(3)5-2/h11-14,16-18,22H,4-10H2,1-3H3. The molecule has 0 radical (unpaired) electrons. The highest BCUT2D eigenvalue weighted by Gasteiger charge is 2.25. The molecule has 0 aliphatic rings. The van der Waals surface area contributed by atoms with Gasteiger partial charge in [-0.15, -0.1) is 0 Å². The van der Waals surface area contributed by atoms with Gasteiger partial charge >= 0.3 is 5.97 Å². The molecule has 0 saturated carbocycles. The average molecular weight is 394 g/mol. The summed E-state index contributed by atoms with van der Waals surface area (Å²) in [5, 5.41) is 9.22. The molecule has 0 fully saturated rings. The zero-order chi connectivity index (χ0) is 21.1. The number of nitrogens with zero attached hydrogens (tertiary/aromatic N) is 3. The molecule has 0 N–H and O–H groups in total. The summed E-state index contributed by atoms with van der Waals surface area (Å²) in [6.07, 6.45) is 11.6. The SMILES string of the molecule is CCCCCCCc1cnc(-c2ccc(OC(=O)C(C#N)C(C)CC)cc2)cn1. The smallest absolute Gasteiger partial charge is 0.328 e. The Bertz CT molecular complexity index is 794. The van der Waals surface area contributed by atoms with Crippen LogP contribution >= 0.6 is 0 Å². The van der Waals surface area contributed by atoms with Gasteiger partial charge in [-0.1, -0.05) is 52.9 Å². The molecule has 2 aromatic rings. The number of rotatable bonds is 11. The van der Waals surface area contributed by atoms with Crippen LogP contribution < -0.4 is 4.74 Å². The van der Waals surface area contributed by atoms with E-state index < -0.39 is 11.9 Å². The first-order valence-corrected chi connectivity index (χ1v) is 10.6. The van der Waals surface area contributed by atoms with E-state index in [0.29, 0.717) is 5.75 Å². The minimum Gasteiger partial charge on any atom is -0.426 e. The zero-order valence-electron chi connectivity index (χ0n) is 17.7. The van der Waals surface area contributed by atoms with Crippen molar-refractivity contribution in [3.63, 3.8) is 0 Å². The molecule has 1 heterocycles. The molecule has 29 heavy (non-hydrogen) atoms. The highest BCUT2D eigenvalue weighted by atomic mass is 16.5. The van der Waals surface area contributed by atoms with Crippen LogP contribution in [-0.2, 0) is 11.2 Å². The molecule has 2 rings (SSSR count). The van der Waals surface area contributed by atoms with Crippen molar-refractivity contribution in [2.45, 2.75) is 65.7 Å². The number of ether oxygens (including phenoxy) is 1. The molecule has 0 aliphatic carbocycles. The first kappa shape index (κ1) is 22.5. The Balaban J connectivity index is 1.92. The molecule has 1 aromatic carbocycles. The molecule has 2 atom stereocenters. The van der Waals surface area contributed by atoms with Gasteiger partial charge in [-0.05, 0) is 43.0 Å². The Labute approximate surface area is 174 Å². The van der Waals surface area contributed by atoms with Gasteiger partial charge in [-0.25, -0.2) is 0 Å². The van der Waals surface area contributed by atoms with Gasteiger partial charge in [0.1, 0.15) is 11.7 Å². The van der Waals surface area contributed by atoms with E-state index in [2.05, 4.69) is 16.9 Å². The lowest BCUT2D eigenvalue weighted by Gasteiger charge is -2.14. The van der Waals surface area contributed by atoms with Gasteiger partial charge in [0.15, 0.2) is 0 Å². The lowest BCUT2D eigenvalue weighted by atomic mass is 9.93. The molecule has 2 unspecified atom stereocenters. The summed E-state index contributed by atoms with van der Waals surface area (Å²) < 4.78 is 5.38. The lowest BCUT2D eigenvalue weighted by molar-refractivity contribution is -0.138. The van der Waals surface area contributed by atoms with Crippen molar-refractivity contribution >= 4 is 5.97 Å². The average Bonchev–Trinajstić information content (AvgIpc) is 2.75. The topological polar surface area (TPSA) is 75.9 Å². The number of hydrogen-bond acceptors (Lipinski definition) is 5. The summed E-state index contributed by atoms with van der Waals surface area (Å²) in [4.78, 5) is 21.3. The Morgan fingerprint density at radius 3 is 2.38 bits per heavy atom. The van der Waals surface area contributed by atoms with Crippen LogP contribution in [0, 0.1) is 23.2 Å². The number of esters is 1. The Kier molecular flexibility index (Phi) is 9.30. The quantitative estimate of drug-likeness (QED) is 0.276. The van der Waals surface area contributed by atoms with Crippen molar-refractivity contribution in [3.8, 4) is 23.1 Å². The van der Waals surface area contributed by atoms with E-state index in [1.165, 1.54) is 25.7 Å². The maximum absolute atomic E-state index is 12.2. The molecule has 0 saturated heterocycles. The van der Waals surface area contributed by atoms with Gasteiger partial charge < -0.3 is 4.74 Å². The van der Waals surface area contributed by atoms with E-state index in [9.17, 15) is 10.1 Å². The van der Waals surface area contributed by atoms with Crippen LogP contribution in [0.5, 0.6) is 5.75 Å². The van der Waals surface area contributed by atoms with Gasteiger partial charge in [0, 0.05) is 11.8 Å². The summed E-state index contributed by atoms with van der Waals surface area (Å²) >= 11 is 0. The fourth-order valence-corrected chi connectivity index (χ4v) is 3.06. The summed E-state index contributed by atoms with van der Waals surface area (Å²) in [7, 11) is 0. The van der Waals surface area contributed by atoms with Gasteiger partial charge in [0.25, 0.3) is 0 Å². The molecular weight excluding hydrogens is 362 g/mol. The number of benzene rings is 1. The molecule has 1 aromatic heterocycles. The lowest BCUT2D eigenvalue weighted by Crippen LogP contribution is -2.24. The molecule has 0 amide bonds. The molecule has 0 spiro atoms. The summed E-state index contributed by atoms with van der Waals surface area (Å²) in [6, 6.07) is 9.19. The van der Waals surface area contributed by atoms with Crippen LogP contribution in [0.2, 0.25) is 0 Å². The molecule has 0 bridgehead atoms. The van der Waals surface area contributed by atoms with E-state index in [0.717, 1.165) is 36.2 Å². The number of aryl methyl sites for hydroxylation is 1. The van der Waals surface area contributed by atoms with Crippen LogP contribution in [0.25, 0.3) is 11.3 Å². The molecular formula is C24H31N3O2. The third kappa shape index (κ3) is 6.98. The molecule has 0 aliphatic heterocycles. The molecule has 154 valence electrons. The first-order valence-electron chi connectivity index (χ1n) is 10.6. The summed E-state index contributed by atoms with van der Waals surface area (Å²) in [6.45, 7) is 6.05. The van der Waals surface area contributed by atoms with E-state index >= 15 is 0 Å². The maximum atomic E-state index is 12.2. The number of aromatic nitrogens is 2. The third-order valence-electron chi connectivity index (χ3n) is 5.22. The maximum Gasteiger partial charge on any atom is 0.328 e. The van der Waals surface area contributed by atoms with Crippen molar-refractivity contribution in [2.75, 3.05) is 0 Å². The van der Waals surface area contributed by atoms with Gasteiger partial charge in [0.05, 0.1) is 23.7 Å². The Morgan fingerprint density at radius 2 is 1.79 bits per heavy atom. The van der Waals surface area contributed by atoms with Crippen molar-refractivity contribution in [1.82, 2.24) is 9.97 Å². The second-order valence-electron chi connectivity index (χ2n) is 7.49. The fourth-order valence-electron chi connectivity index (χ4n) is 3.06. The summed E-state index contributed by atoms with van der Waals surface area (Å²) in [5.74, 6) is -0.857. The van der Waals surface area contributed by atoms with Gasteiger partial charge in [-0.3, -0.25) is 14.8 Å². The number of hydrogen-bond donors (Lipinski definition) is 0. The second kappa shape index (κ2) is 12.0. The van der Waals surface area contributed by atoms with Crippen molar-refractivity contribution in [1.29, 1.82) is 5.26 Å². The monoisotopic (exact) mass is 393 g/mol. The second-order valence-corrected chi connectivity index (χ2v) is 7.49. The fraction of sp³-hybridized carbons (Fsp3) is 0.500.